The van der Waals surface area contributed by atoms with Crippen LogP contribution in [0.4, 0.5) is 11.6 Å². The molecule has 1 aliphatic rings. The molecule has 0 radical (unpaired) electrons. The fourth-order valence-electron chi connectivity index (χ4n) is 3.78. The molecule has 5 rings (SSSR count). The Bertz CT molecular complexity index is 1330. The molecule has 32 heavy (non-hydrogen) atoms. The molecule has 7 nitrogen and oxygen atoms in total. The summed E-state index contributed by atoms with van der Waals surface area (Å²) in [5.41, 5.74) is 2.39. The molecule has 2 heterocycles. The number of hydrogen-bond donors (Lipinski definition) is 1. The van der Waals surface area contributed by atoms with E-state index in [2.05, 4.69) is 9.71 Å². The summed E-state index contributed by atoms with van der Waals surface area (Å²) in [5, 5.41) is 0. The minimum atomic E-state index is -3.82. The van der Waals surface area contributed by atoms with Crippen LogP contribution in [0.2, 0.25) is 0 Å². The summed E-state index contributed by atoms with van der Waals surface area (Å²) in [7, 11) is -3.82. The molecule has 0 bridgehead atoms. The summed E-state index contributed by atoms with van der Waals surface area (Å²) >= 11 is 0. The number of ether oxygens (including phenoxy) is 1. The van der Waals surface area contributed by atoms with Crippen molar-refractivity contribution in [1.29, 1.82) is 0 Å². The number of morpholine rings is 1. The van der Waals surface area contributed by atoms with Crippen LogP contribution >= 0.6 is 0 Å². The number of nitrogens with one attached hydrogen (secondary N) is 1. The van der Waals surface area contributed by atoms with E-state index in [0.29, 0.717) is 36.5 Å². The minimum Gasteiger partial charge on any atom is -0.370 e. The topological polar surface area (TPSA) is 84.4 Å². The predicted molar refractivity (Wildman–Crippen MR) is 124 cm³/mol. The van der Waals surface area contributed by atoms with Gasteiger partial charge in [0.05, 0.1) is 22.5 Å². The van der Waals surface area contributed by atoms with E-state index in [1.165, 1.54) is 0 Å². The second kappa shape index (κ2) is 8.57. The maximum absolute atomic E-state index is 13.0. The van der Waals surface area contributed by atoms with Crippen molar-refractivity contribution in [3.05, 3.63) is 90.5 Å². The Labute approximate surface area is 186 Å². The summed E-state index contributed by atoms with van der Waals surface area (Å²) in [6, 6.07) is 25.7. The van der Waals surface area contributed by atoms with E-state index in [1.54, 1.807) is 30.3 Å². The third kappa shape index (κ3) is 4.15. The van der Waals surface area contributed by atoms with E-state index in [9.17, 15) is 8.42 Å². The van der Waals surface area contributed by atoms with Crippen LogP contribution in [0, 0.1) is 0 Å². The minimum absolute atomic E-state index is 0.142. The van der Waals surface area contributed by atoms with Gasteiger partial charge in [0.1, 0.15) is 6.10 Å². The van der Waals surface area contributed by atoms with Crippen LogP contribution < -0.4 is 9.62 Å². The van der Waals surface area contributed by atoms with E-state index in [4.69, 9.17) is 9.72 Å². The first-order chi connectivity index (χ1) is 15.6. The molecule has 8 heteroatoms. The molecule has 1 fully saturated rings. The van der Waals surface area contributed by atoms with E-state index in [-0.39, 0.29) is 16.8 Å². The third-order valence-electron chi connectivity index (χ3n) is 5.37. The average Bonchev–Trinajstić information content (AvgIpc) is 2.84. The molecule has 1 unspecified atom stereocenters. The fraction of sp³-hybridized carbons (Fsp3) is 0.167. The van der Waals surface area contributed by atoms with Crippen molar-refractivity contribution in [2.24, 2.45) is 0 Å². The third-order valence-corrected chi connectivity index (χ3v) is 6.73. The molecule has 0 saturated carbocycles. The molecule has 4 aromatic rings. The Morgan fingerprint density at radius 3 is 2.19 bits per heavy atom. The average molecular weight is 447 g/mol. The summed E-state index contributed by atoms with van der Waals surface area (Å²) in [6.45, 7) is 1.62. The zero-order valence-electron chi connectivity index (χ0n) is 17.3. The Kier molecular flexibility index (Phi) is 5.46. The highest BCUT2D eigenvalue weighted by Gasteiger charge is 2.27. The van der Waals surface area contributed by atoms with Gasteiger partial charge in [-0.25, -0.2) is 18.4 Å². The predicted octanol–water partition coefficient (Wildman–Crippen LogP) is 4.01. The molecule has 0 amide bonds. The van der Waals surface area contributed by atoms with Gasteiger partial charge in [-0.05, 0) is 29.8 Å². The number of nitrogens with zero attached hydrogens (tertiary/aromatic N) is 3. The molecule has 3 aromatic carbocycles. The molecular weight excluding hydrogens is 424 g/mol. The van der Waals surface area contributed by atoms with Crippen molar-refractivity contribution >= 4 is 32.7 Å². The van der Waals surface area contributed by atoms with Gasteiger partial charge in [-0.1, -0.05) is 60.7 Å². The number of benzene rings is 3. The van der Waals surface area contributed by atoms with Gasteiger partial charge in [0.25, 0.3) is 10.0 Å². The summed E-state index contributed by atoms with van der Waals surface area (Å²) < 4.78 is 34.7. The van der Waals surface area contributed by atoms with Crippen molar-refractivity contribution in [2.45, 2.75) is 11.0 Å². The van der Waals surface area contributed by atoms with Gasteiger partial charge in [-0.2, -0.15) is 0 Å². The molecule has 0 aliphatic carbocycles. The second-order valence-electron chi connectivity index (χ2n) is 7.52. The van der Waals surface area contributed by atoms with E-state index >= 15 is 0 Å². The van der Waals surface area contributed by atoms with Gasteiger partial charge in [0.15, 0.2) is 11.6 Å². The van der Waals surface area contributed by atoms with Crippen LogP contribution in [0.1, 0.15) is 11.7 Å². The first-order valence-corrected chi connectivity index (χ1v) is 11.8. The van der Waals surface area contributed by atoms with Crippen molar-refractivity contribution in [3.8, 4) is 0 Å². The van der Waals surface area contributed by atoms with Crippen molar-refractivity contribution in [3.63, 3.8) is 0 Å². The lowest BCUT2D eigenvalue weighted by atomic mass is 10.1. The van der Waals surface area contributed by atoms with Gasteiger partial charge < -0.3 is 9.64 Å². The quantitative estimate of drug-likeness (QED) is 0.499. The highest BCUT2D eigenvalue weighted by Crippen LogP contribution is 2.31. The highest BCUT2D eigenvalue weighted by atomic mass is 32.2. The standard InChI is InChI=1S/C24H22N4O3S/c29-32(30,19-11-5-2-6-12-19)27-23-24(26-21-14-8-7-13-20(21)25-23)28-15-16-31-22(17-28)18-9-3-1-4-10-18/h1-14,22H,15-17H2,(H,25,27). The number of anilines is 2. The molecule has 162 valence electrons. The number of aromatic nitrogens is 2. The maximum Gasteiger partial charge on any atom is 0.263 e. The van der Waals surface area contributed by atoms with Crippen LogP contribution in [0.25, 0.3) is 11.0 Å². The zero-order valence-corrected chi connectivity index (χ0v) is 18.1. The lowest BCUT2D eigenvalue weighted by Crippen LogP contribution is -2.39. The smallest absolute Gasteiger partial charge is 0.263 e. The number of para-hydroxylation sites is 2. The summed E-state index contributed by atoms with van der Waals surface area (Å²) in [6.07, 6.45) is -0.142. The SMILES string of the molecule is O=S(=O)(Nc1nc2ccccc2nc1N1CCOC(c2ccccc2)C1)c1ccccc1. The normalized spacial score (nSPS) is 16.8. The number of rotatable bonds is 5. The monoisotopic (exact) mass is 446 g/mol. The van der Waals surface area contributed by atoms with E-state index in [0.717, 1.165) is 5.56 Å². The first kappa shape index (κ1) is 20.4. The van der Waals surface area contributed by atoms with Crippen molar-refractivity contribution in [1.82, 2.24) is 9.97 Å². The van der Waals surface area contributed by atoms with Crippen LogP contribution in [0.15, 0.2) is 89.8 Å². The second-order valence-corrected chi connectivity index (χ2v) is 9.20. The summed E-state index contributed by atoms with van der Waals surface area (Å²) in [4.78, 5) is 11.6. The van der Waals surface area contributed by atoms with Crippen LogP contribution in [0.3, 0.4) is 0 Å². The number of hydrogen-bond acceptors (Lipinski definition) is 6. The van der Waals surface area contributed by atoms with E-state index < -0.39 is 10.0 Å². The van der Waals surface area contributed by atoms with Gasteiger partial charge in [-0.3, -0.25) is 4.72 Å². The summed E-state index contributed by atoms with van der Waals surface area (Å²) in [5.74, 6) is 0.703. The Hall–Kier alpha value is -3.49. The van der Waals surface area contributed by atoms with Crippen LogP contribution in [-0.2, 0) is 14.8 Å². The maximum atomic E-state index is 13.0. The Balaban J connectivity index is 1.54. The van der Waals surface area contributed by atoms with E-state index in [1.807, 2.05) is 59.5 Å². The Morgan fingerprint density at radius 1 is 0.844 bits per heavy atom. The highest BCUT2D eigenvalue weighted by molar-refractivity contribution is 7.92. The molecular formula is C24H22N4O3S. The number of fused-ring (bicyclic) bond motifs is 1. The largest absolute Gasteiger partial charge is 0.370 e. The number of sulfonamides is 1. The first-order valence-electron chi connectivity index (χ1n) is 10.4. The van der Waals surface area contributed by atoms with Gasteiger partial charge >= 0.3 is 0 Å². The lowest BCUT2D eigenvalue weighted by molar-refractivity contribution is 0.0396. The zero-order chi connectivity index (χ0) is 22.0. The molecule has 0 spiro atoms. The molecule has 1 aromatic heterocycles. The lowest BCUT2D eigenvalue weighted by Gasteiger charge is -2.34. The van der Waals surface area contributed by atoms with Crippen molar-refractivity contribution < 1.29 is 13.2 Å². The van der Waals surface area contributed by atoms with Gasteiger partial charge in [0.2, 0.25) is 0 Å². The Morgan fingerprint density at radius 2 is 1.47 bits per heavy atom. The van der Waals surface area contributed by atoms with Gasteiger partial charge in [0, 0.05) is 13.1 Å². The molecule has 1 aliphatic heterocycles. The van der Waals surface area contributed by atoms with Crippen LogP contribution in [-0.4, -0.2) is 38.1 Å². The fourth-order valence-corrected chi connectivity index (χ4v) is 4.80. The molecule has 1 atom stereocenters. The van der Waals surface area contributed by atoms with Gasteiger partial charge in [-0.15, -0.1) is 0 Å². The van der Waals surface area contributed by atoms with Crippen LogP contribution in [0.5, 0.6) is 0 Å². The molecule has 1 saturated heterocycles. The molecule has 1 N–H and O–H groups in total. The van der Waals surface area contributed by atoms with Crippen molar-refractivity contribution in [2.75, 3.05) is 29.3 Å².